The van der Waals surface area contributed by atoms with Crippen molar-refractivity contribution < 1.29 is 9.84 Å². The van der Waals surface area contributed by atoms with Crippen LogP contribution in [-0.2, 0) is 6.42 Å². The molecular formula is C18H15N3O2. The molecule has 0 bridgehead atoms. The first-order chi connectivity index (χ1) is 11.3. The molecular weight excluding hydrogens is 290 g/mol. The van der Waals surface area contributed by atoms with Gasteiger partial charge >= 0.3 is 0 Å². The number of hydrogen-bond donors (Lipinski definition) is 1. The van der Waals surface area contributed by atoms with Crippen LogP contribution in [0.15, 0.2) is 48.9 Å². The molecule has 0 radical (unpaired) electrons. The van der Waals surface area contributed by atoms with E-state index in [0.29, 0.717) is 22.8 Å². The number of pyridine rings is 1. The van der Waals surface area contributed by atoms with Crippen LogP contribution in [0.4, 0.5) is 0 Å². The van der Waals surface area contributed by atoms with Gasteiger partial charge in [0.15, 0.2) is 5.82 Å². The molecule has 0 saturated heterocycles. The van der Waals surface area contributed by atoms with E-state index < -0.39 is 6.29 Å². The van der Waals surface area contributed by atoms with Crippen LogP contribution in [0.5, 0.6) is 5.75 Å². The van der Waals surface area contributed by atoms with Crippen molar-refractivity contribution in [2.24, 2.45) is 0 Å². The number of aryl methyl sites for hydroxylation is 1. The average Bonchev–Trinajstić information content (AvgIpc) is 2.61. The Kier molecular flexibility index (Phi) is 3.28. The van der Waals surface area contributed by atoms with Gasteiger partial charge in [-0.15, -0.1) is 0 Å². The van der Waals surface area contributed by atoms with E-state index in [9.17, 15) is 5.11 Å². The number of aliphatic hydroxyl groups excluding tert-OH is 1. The highest BCUT2D eigenvalue weighted by atomic mass is 16.6. The lowest BCUT2D eigenvalue weighted by Gasteiger charge is -2.24. The van der Waals surface area contributed by atoms with Gasteiger partial charge in [-0.3, -0.25) is 4.98 Å². The molecule has 1 N–H and O–H groups in total. The van der Waals surface area contributed by atoms with Crippen LogP contribution < -0.4 is 4.74 Å². The minimum Gasteiger partial charge on any atom is -0.460 e. The Labute approximate surface area is 133 Å². The van der Waals surface area contributed by atoms with Gasteiger partial charge in [0.25, 0.3) is 0 Å². The molecule has 5 nitrogen and oxygen atoms in total. The van der Waals surface area contributed by atoms with E-state index in [1.54, 1.807) is 18.6 Å². The maximum Gasteiger partial charge on any atom is 0.227 e. The van der Waals surface area contributed by atoms with E-state index in [0.717, 1.165) is 23.1 Å². The van der Waals surface area contributed by atoms with E-state index in [2.05, 4.69) is 27.9 Å². The number of nitrogens with zero attached hydrogens (tertiary/aromatic N) is 3. The molecule has 114 valence electrons. The van der Waals surface area contributed by atoms with E-state index >= 15 is 0 Å². The predicted octanol–water partition coefficient (Wildman–Crippen LogP) is 3.15. The Hall–Kier alpha value is -2.79. The van der Waals surface area contributed by atoms with Crippen LogP contribution >= 0.6 is 0 Å². The summed E-state index contributed by atoms with van der Waals surface area (Å²) in [6.07, 6.45) is 4.91. The van der Waals surface area contributed by atoms with Gasteiger partial charge in [-0.2, -0.15) is 0 Å². The number of benzene rings is 1. The van der Waals surface area contributed by atoms with Gasteiger partial charge in [0.05, 0.1) is 11.3 Å². The molecule has 0 fully saturated rings. The molecule has 2 aromatic heterocycles. The van der Waals surface area contributed by atoms with Crippen LogP contribution in [-0.4, -0.2) is 20.1 Å². The molecule has 0 aliphatic carbocycles. The average molecular weight is 305 g/mol. The van der Waals surface area contributed by atoms with Crippen LogP contribution in [0.2, 0.25) is 0 Å². The number of hydrogen-bond acceptors (Lipinski definition) is 5. The van der Waals surface area contributed by atoms with Gasteiger partial charge in [-0.05, 0) is 36.2 Å². The largest absolute Gasteiger partial charge is 0.460 e. The number of aromatic nitrogens is 3. The summed E-state index contributed by atoms with van der Waals surface area (Å²) in [6.45, 7) is 2.08. The second kappa shape index (κ2) is 5.44. The lowest BCUT2D eigenvalue weighted by molar-refractivity contribution is -0.0219. The zero-order chi connectivity index (χ0) is 15.8. The second-order valence-electron chi connectivity index (χ2n) is 5.39. The molecule has 0 amide bonds. The highest BCUT2D eigenvalue weighted by molar-refractivity contribution is 5.74. The quantitative estimate of drug-likeness (QED) is 0.787. The molecule has 1 aliphatic heterocycles. The van der Waals surface area contributed by atoms with Crippen LogP contribution in [0, 0.1) is 0 Å². The summed E-state index contributed by atoms with van der Waals surface area (Å²) in [5.74, 6) is 1.23. The van der Waals surface area contributed by atoms with Gasteiger partial charge in [0, 0.05) is 29.7 Å². The fraction of sp³-hybridized carbons (Fsp3) is 0.167. The summed E-state index contributed by atoms with van der Waals surface area (Å²) in [5.41, 5.74) is 4.14. The Morgan fingerprint density at radius 1 is 1.22 bits per heavy atom. The maximum atomic E-state index is 10.2. The smallest absolute Gasteiger partial charge is 0.227 e. The summed E-state index contributed by atoms with van der Waals surface area (Å²) in [4.78, 5) is 13.1. The number of aliphatic hydroxyl groups is 1. The summed E-state index contributed by atoms with van der Waals surface area (Å²) >= 11 is 0. The van der Waals surface area contributed by atoms with Gasteiger partial charge in [0.1, 0.15) is 5.75 Å². The monoisotopic (exact) mass is 305 g/mol. The van der Waals surface area contributed by atoms with Crippen molar-refractivity contribution in [1.29, 1.82) is 0 Å². The molecule has 3 heterocycles. The Bertz CT molecular complexity index is 865. The van der Waals surface area contributed by atoms with E-state index in [4.69, 9.17) is 4.74 Å². The summed E-state index contributed by atoms with van der Waals surface area (Å²) in [5, 5.41) is 10.2. The first kappa shape index (κ1) is 13.8. The molecule has 23 heavy (non-hydrogen) atoms. The summed E-state index contributed by atoms with van der Waals surface area (Å²) < 4.78 is 5.61. The number of fused-ring (bicyclic) bond motifs is 3. The standard InChI is InChI=1S/C18H15N3O2/c1-2-11-5-6-13-15(8-11)23-18(22)14-10-20-17(21-16(13)14)12-4-3-7-19-9-12/h3-10,18,22H,2H2,1H3. The second-order valence-corrected chi connectivity index (χ2v) is 5.39. The first-order valence-electron chi connectivity index (χ1n) is 7.51. The molecule has 1 aliphatic rings. The maximum absolute atomic E-state index is 10.2. The topological polar surface area (TPSA) is 68.1 Å². The highest BCUT2D eigenvalue weighted by Gasteiger charge is 2.27. The lowest BCUT2D eigenvalue weighted by atomic mass is 10.00. The van der Waals surface area contributed by atoms with Crippen molar-refractivity contribution in [3.8, 4) is 28.4 Å². The third-order valence-corrected chi connectivity index (χ3v) is 3.95. The fourth-order valence-electron chi connectivity index (χ4n) is 2.69. The Morgan fingerprint density at radius 3 is 2.91 bits per heavy atom. The minimum atomic E-state index is -1.05. The van der Waals surface area contributed by atoms with Crippen LogP contribution in [0.1, 0.15) is 24.3 Å². The van der Waals surface area contributed by atoms with Crippen molar-refractivity contribution in [3.05, 3.63) is 60.0 Å². The minimum absolute atomic E-state index is 0.578. The predicted molar refractivity (Wildman–Crippen MR) is 85.7 cm³/mol. The van der Waals surface area contributed by atoms with Gasteiger partial charge in [0.2, 0.25) is 6.29 Å². The van der Waals surface area contributed by atoms with E-state index in [1.807, 2.05) is 24.3 Å². The molecule has 5 heteroatoms. The fourth-order valence-corrected chi connectivity index (χ4v) is 2.69. The molecule has 1 unspecified atom stereocenters. The Morgan fingerprint density at radius 2 is 2.13 bits per heavy atom. The molecule has 3 aromatic rings. The highest BCUT2D eigenvalue weighted by Crippen LogP contribution is 2.41. The third-order valence-electron chi connectivity index (χ3n) is 3.95. The van der Waals surface area contributed by atoms with Crippen molar-refractivity contribution in [2.75, 3.05) is 0 Å². The van der Waals surface area contributed by atoms with Crippen molar-refractivity contribution in [2.45, 2.75) is 19.6 Å². The van der Waals surface area contributed by atoms with Gasteiger partial charge < -0.3 is 9.84 Å². The Balaban J connectivity index is 1.88. The van der Waals surface area contributed by atoms with E-state index in [-0.39, 0.29) is 0 Å². The van der Waals surface area contributed by atoms with E-state index in [1.165, 1.54) is 0 Å². The molecule has 1 atom stereocenters. The summed E-state index contributed by atoms with van der Waals surface area (Å²) in [6, 6.07) is 9.74. The van der Waals surface area contributed by atoms with Crippen LogP contribution in [0.3, 0.4) is 0 Å². The molecule has 1 aromatic carbocycles. The normalized spacial score (nSPS) is 15.5. The third kappa shape index (κ3) is 2.35. The SMILES string of the molecule is CCc1ccc2c(c1)OC(O)c1cnc(-c3cccnc3)nc1-2. The summed E-state index contributed by atoms with van der Waals surface area (Å²) in [7, 11) is 0. The van der Waals surface area contributed by atoms with Gasteiger partial charge in [-0.25, -0.2) is 9.97 Å². The van der Waals surface area contributed by atoms with Crippen molar-refractivity contribution >= 4 is 0 Å². The zero-order valence-electron chi connectivity index (χ0n) is 12.6. The van der Waals surface area contributed by atoms with Crippen molar-refractivity contribution in [1.82, 2.24) is 15.0 Å². The van der Waals surface area contributed by atoms with Gasteiger partial charge in [-0.1, -0.05) is 13.0 Å². The molecule has 0 saturated carbocycles. The van der Waals surface area contributed by atoms with Crippen molar-refractivity contribution in [3.63, 3.8) is 0 Å². The van der Waals surface area contributed by atoms with Crippen LogP contribution in [0.25, 0.3) is 22.6 Å². The first-order valence-corrected chi connectivity index (χ1v) is 7.51. The molecule has 0 spiro atoms. The number of rotatable bonds is 2. The molecule has 4 rings (SSSR count). The number of ether oxygens (including phenoxy) is 1. The lowest BCUT2D eigenvalue weighted by Crippen LogP contribution is -2.15. The zero-order valence-corrected chi connectivity index (χ0v) is 12.6.